The van der Waals surface area contributed by atoms with Crippen molar-refractivity contribution in [2.75, 3.05) is 40.0 Å². The van der Waals surface area contributed by atoms with Gasteiger partial charge in [-0.15, -0.1) is 35.3 Å². The third-order valence-corrected chi connectivity index (χ3v) is 4.71. The summed E-state index contributed by atoms with van der Waals surface area (Å²) in [6.07, 6.45) is 0.114. The van der Waals surface area contributed by atoms with Crippen LogP contribution < -0.4 is 5.32 Å². The summed E-state index contributed by atoms with van der Waals surface area (Å²) < 4.78 is 12.0. The molecule has 2 rings (SSSR count). The Labute approximate surface area is 161 Å². The summed E-state index contributed by atoms with van der Waals surface area (Å²) in [6.45, 7) is 6.64. The van der Waals surface area contributed by atoms with E-state index in [9.17, 15) is 0 Å². The Morgan fingerprint density at radius 2 is 2.45 bits per heavy atom. The number of nitrogens with one attached hydrogen (secondary N) is 1. The van der Waals surface area contributed by atoms with Crippen molar-refractivity contribution in [1.82, 2.24) is 10.2 Å². The topological polar surface area (TPSA) is 46.1 Å². The van der Waals surface area contributed by atoms with Gasteiger partial charge >= 0.3 is 0 Å². The third kappa shape index (κ3) is 6.31. The van der Waals surface area contributed by atoms with Gasteiger partial charge in [-0.25, -0.2) is 4.99 Å². The minimum Gasteiger partial charge on any atom is -0.382 e. The van der Waals surface area contributed by atoms with Gasteiger partial charge in [-0.1, -0.05) is 0 Å². The largest absolute Gasteiger partial charge is 0.382 e. The lowest BCUT2D eigenvalue weighted by atomic mass is 10.3. The Morgan fingerprint density at radius 1 is 1.64 bits per heavy atom. The van der Waals surface area contributed by atoms with Gasteiger partial charge in [0.05, 0.1) is 29.6 Å². The van der Waals surface area contributed by atoms with E-state index in [-0.39, 0.29) is 30.1 Å². The van der Waals surface area contributed by atoms with E-state index in [4.69, 9.17) is 14.5 Å². The van der Waals surface area contributed by atoms with E-state index in [1.807, 2.05) is 0 Å². The summed E-state index contributed by atoms with van der Waals surface area (Å²) in [5.41, 5.74) is 1.23. The Kier molecular flexibility index (Phi) is 9.89. The number of ether oxygens (including phenoxy) is 2. The molecule has 0 aliphatic carbocycles. The Morgan fingerprint density at radius 3 is 3.09 bits per heavy atom. The first-order valence-corrected chi connectivity index (χ1v) is 8.77. The maximum atomic E-state index is 5.69. The van der Waals surface area contributed by atoms with Gasteiger partial charge in [-0.2, -0.15) is 0 Å². The zero-order valence-corrected chi connectivity index (χ0v) is 17.6. The number of methoxy groups -OCH3 is 1. The van der Waals surface area contributed by atoms with Gasteiger partial charge in [0.15, 0.2) is 5.96 Å². The number of thiophene rings is 1. The molecule has 2 heterocycles. The fraction of sp³-hybridized carbons (Fsp3) is 0.643. The molecule has 1 fully saturated rings. The first-order valence-electron chi connectivity index (χ1n) is 7.09. The van der Waals surface area contributed by atoms with E-state index in [0.29, 0.717) is 19.8 Å². The number of hydrogen-bond acceptors (Lipinski definition) is 4. The van der Waals surface area contributed by atoms with E-state index in [0.717, 1.165) is 29.4 Å². The number of nitrogens with zero attached hydrogens (tertiary/aromatic N) is 2. The summed E-state index contributed by atoms with van der Waals surface area (Å²) in [5.74, 6) is 0.948. The van der Waals surface area contributed by atoms with Gasteiger partial charge < -0.3 is 19.7 Å². The molecule has 5 nitrogen and oxygen atoms in total. The van der Waals surface area contributed by atoms with Gasteiger partial charge in [0.25, 0.3) is 0 Å². The first-order chi connectivity index (χ1) is 10.2. The second-order valence-corrected chi connectivity index (χ2v) is 7.11. The fourth-order valence-corrected chi connectivity index (χ4v) is 3.42. The van der Waals surface area contributed by atoms with E-state index < -0.39 is 0 Å². The van der Waals surface area contributed by atoms with Gasteiger partial charge in [-0.05, 0) is 39.9 Å². The molecule has 1 atom stereocenters. The van der Waals surface area contributed by atoms with Crippen molar-refractivity contribution >= 4 is 57.2 Å². The van der Waals surface area contributed by atoms with Gasteiger partial charge in [0.2, 0.25) is 0 Å². The highest BCUT2D eigenvalue weighted by molar-refractivity contribution is 14.0. The van der Waals surface area contributed by atoms with Crippen LogP contribution in [0.15, 0.2) is 20.2 Å². The standard InChI is InChI=1S/C14H22BrN3O2S.HI/c1-3-16-14(17-7-11-6-13(15)21-10-11)18-4-5-20-12(8-18)9-19-2;/h6,10,12H,3-5,7-9H2,1-2H3,(H,16,17);1H. The number of morpholine rings is 1. The monoisotopic (exact) mass is 503 g/mol. The van der Waals surface area contributed by atoms with E-state index in [1.165, 1.54) is 5.56 Å². The fourth-order valence-electron chi connectivity index (χ4n) is 2.22. The van der Waals surface area contributed by atoms with Crippen molar-refractivity contribution in [3.63, 3.8) is 0 Å². The molecule has 126 valence electrons. The predicted molar refractivity (Wildman–Crippen MR) is 105 cm³/mol. The average Bonchev–Trinajstić information content (AvgIpc) is 2.90. The van der Waals surface area contributed by atoms with Crippen molar-refractivity contribution in [2.24, 2.45) is 4.99 Å². The van der Waals surface area contributed by atoms with Crippen molar-refractivity contribution in [3.8, 4) is 0 Å². The first kappa shape index (κ1) is 20.1. The third-order valence-electron chi connectivity index (χ3n) is 3.16. The van der Waals surface area contributed by atoms with Crippen LogP contribution in [0.2, 0.25) is 0 Å². The molecular weight excluding hydrogens is 481 g/mol. The summed E-state index contributed by atoms with van der Waals surface area (Å²) in [5, 5.41) is 5.49. The lowest BCUT2D eigenvalue weighted by Crippen LogP contribution is -2.51. The van der Waals surface area contributed by atoms with Crippen LogP contribution in [0.4, 0.5) is 0 Å². The van der Waals surface area contributed by atoms with Crippen molar-refractivity contribution in [3.05, 3.63) is 20.8 Å². The molecule has 1 unspecified atom stereocenters. The quantitative estimate of drug-likeness (QED) is 0.381. The highest BCUT2D eigenvalue weighted by atomic mass is 127. The van der Waals surface area contributed by atoms with E-state index >= 15 is 0 Å². The van der Waals surface area contributed by atoms with Crippen LogP contribution in [-0.2, 0) is 16.0 Å². The second-order valence-electron chi connectivity index (χ2n) is 4.82. The van der Waals surface area contributed by atoms with E-state index in [1.54, 1.807) is 18.4 Å². The number of hydrogen-bond donors (Lipinski definition) is 1. The highest BCUT2D eigenvalue weighted by Gasteiger charge is 2.22. The van der Waals surface area contributed by atoms with Crippen LogP contribution in [0.5, 0.6) is 0 Å². The van der Waals surface area contributed by atoms with Gasteiger partial charge in [0.1, 0.15) is 0 Å². The molecule has 1 aromatic heterocycles. The van der Waals surface area contributed by atoms with Crippen molar-refractivity contribution in [2.45, 2.75) is 19.6 Å². The van der Waals surface area contributed by atoms with Crippen LogP contribution in [0.3, 0.4) is 0 Å². The number of guanidine groups is 1. The van der Waals surface area contributed by atoms with Crippen LogP contribution in [-0.4, -0.2) is 56.9 Å². The summed E-state index contributed by atoms with van der Waals surface area (Å²) in [7, 11) is 1.70. The highest BCUT2D eigenvalue weighted by Crippen LogP contribution is 2.21. The molecule has 0 bridgehead atoms. The maximum absolute atomic E-state index is 5.69. The van der Waals surface area contributed by atoms with E-state index in [2.05, 4.69) is 44.5 Å². The van der Waals surface area contributed by atoms with Crippen molar-refractivity contribution in [1.29, 1.82) is 0 Å². The number of aliphatic imine (C=N–C) groups is 1. The molecule has 0 amide bonds. The second kappa shape index (κ2) is 10.8. The van der Waals surface area contributed by atoms with Crippen LogP contribution in [0.1, 0.15) is 12.5 Å². The molecule has 1 aliphatic heterocycles. The minimum absolute atomic E-state index is 0. The van der Waals surface area contributed by atoms with Crippen LogP contribution in [0, 0.1) is 0 Å². The van der Waals surface area contributed by atoms with Gasteiger partial charge in [0, 0.05) is 26.7 Å². The van der Waals surface area contributed by atoms with Crippen molar-refractivity contribution < 1.29 is 9.47 Å². The summed E-state index contributed by atoms with van der Waals surface area (Å²) in [4.78, 5) is 6.98. The lowest BCUT2D eigenvalue weighted by molar-refractivity contribution is -0.0447. The SMILES string of the molecule is CCNC(=NCc1csc(Br)c1)N1CCOC(COC)C1.I. The molecule has 0 aromatic carbocycles. The molecule has 1 aliphatic rings. The molecule has 0 spiro atoms. The Hall–Kier alpha value is 0.1000. The molecule has 22 heavy (non-hydrogen) atoms. The normalized spacial score (nSPS) is 19.0. The van der Waals surface area contributed by atoms with Crippen LogP contribution >= 0.6 is 51.2 Å². The average molecular weight is 504 g/mol. The zero-order chi connectivity index (χ0) is 15.1. The zero-order valence-electron chi connectivity index (χ0n) is 12.9. The lowest BCUT2D eigenvalue weighted by Gasteiger charge is -2.34. The summed E-state index contributed by atoms with van der Waals surface area (Å²) >= 11 is 5.17. The smallest absolute Gasteiger partial charge is 0.194 e. The molecule has 1 saturated heterocycles. The predicted octanol–water partition coefficient (Wildman–Crippen LogP) is 2.94. The molecule has 1 aromatic rings. The minimum atomic E-state index is 0. The molecular formula is C14H23BrIN3O2S. The molecule has 0 saturated carbocycles. The van der Waals surface area contributed by atoms with Gasteiger partial charge in [-0.3, -0.25) is 0 Å². The molecule has 8 heteroatoms. The Bertz CT molecular complexity index is 471. The number of halogens is 2. The molecule has 0 radical (unpaired) electrons. The summed E-state index contributed by atoms with van der Waals surface area (Å²) in [6, 6.07) is 2.12. The van der Waals surface area contributed by atoms with Crippen LogP contribution in [0.25, 0.3) is 0 Å². The molecule has 1 N–H and O–H groups in total. The number of rotatable bonds is 5. The maximum Gasteiger partial charge on any atom is 0.194 e. The Balaban J connectivity index is 0.00000242.